The molecule has 0 spiro atoms. The van der Waals surface area contributed by atoms with E-state index in [0.29, 0.717) is 0 Å². The molecule has 1 aliphatic carbocycles. The zero-order valence-electron chi connectivity index (χ0n) is 43.4. The van der Waals surface area contributed by atoms with E-state index < -0.39 is 0 Å². The second-order valence-corrected chi connectivity index (χ2v) is 20.5. The smallest absolute Gasteiger partial charge is 0.0540 e. The maximum Gasteiger partial charge on any atom is 0.0540 e. The zero-order chi connectivity index (χ0) is 51.3. The van der Waals surface area contributed by atoms with Gasteiger partial charge < -0.3 is 9.80 Å². The van der Waals surface area contributed by atoms with Crippen LogP contribution in [0.2, 0.25) is 0 Å². The maximum atomic E-state index is 2.86. The first-order chi connectivity index (χ1) is 37.4. The average Bonchev–Trinajstić information content (AvgIpc) is 3.85. The second kappa shape index (κ2) is 19.1. The molecule has 0 saturated heterocycles. The van der Waals surface area contributed by atoms with Gasteiger partial charge in [0.2, 0.25) is 0 Å². The molecule has 362 valence electrons. The van der Waals surface area contributed by atoms with Crippen LogP contribution in [0.4, 0.5) is 34.1 Å². The van der Waals surface area contributed by atoms with E-state index in [1.54, 1.807) is 0 Å². The van der Waals surface area contributed by atoms with Crippen molar-refractivity contribution in [2.45, 2.75) is 39.5 Å². The van der Waals surface area contributed by atoms with Crippen molar-refractivity contribution in [3.8, 4) is 45.2 Å². The van der Waals surface area contributed by atoms with Gasteiger partial charge in [0.15, 0.2) is 0 Å². The lowest BCUT2D eigenvalue weighted by atomic mass is 9.80. The van der Waals surface area contributed by atoms with Gasteiger partial charge in [-0.1, -0.05) is 197 Å². The highest BCUT2D eigenvalue weighted by Gasteiger charge is 2.36. The van der Waals surface area contributed by atoms with Crippen LogP contribution >= 0.6 is 0 Å². The Balaban J connectivity index is 0.00000106. The number of fused-ring (bicyclic) bond motifs is 5. The zero-order valence-corrected chi connectivity index (χ0v) is 43.4. The van der Waals surface area contributed by atoms with Crippen molar-refractivity contribution in [3.63, 3.8) is 0 Å². The monoisotopic (exact) mass is 972 g/mol. The lowest BCUT2D eigenvalue weighted by Crippen LogP contribution is -2.15. The van der Waals surface area contributed by atoms with E-state index in [0.717, 1.165) is 34.9 Å². The van der Waals surface area contributed by atoms with Crippen LogP contribution in [0, 0.1) is 11.8 Å². The van der Waals surface area contributed by atoms with Crippen LogP contribution in [0.25, 0.3) is 87.2 Å². The number of rotatable bonds is 8. The highest BCUT2D eigenvalue weighted by molar-refractivity contribution is 6.28. The minimum atomic E-state index is -0.198. The molecule has 0 atom stereocenters. The molecule has 0 amide bonds. The quantitative estimate of drug-likeness (QED) is 0.111. The third-order valence-electron chi connectivity index (χ3n) is 15.7. The first-order valence-corrected chi connectivity index (χ1v) is 26.5. The molecule has 13 aromatic rings. The van der Waals surface area contributed by atoms with Crippen LogP contribution in [-0.2, 0) is 5.41 Å². The van der Waals surface area contributed by atoms with E-state index >= 15 is 0 Å². The SMILES string of the molecule is CC#CCC.CC1(C)c2cc(-c3ccc(N(c4ccc5ccccc5c4)c4ccc5ccccc5c4)cc3)ccc2-c2ccc(-c3ccc4ccc5c(N(c6ccccc6)c6ccccc6)ccc6ccc3c4c65)cc21. The molecular formula is C74H56N2. The number of hydrogen-bond acceptors (Lipinski definition) is 2. The highest BCUT2D eigenvalue weighted by atomic mass is 15.1. The van der Waals surface area contributed by atoms with Crippen LogP contribution in [0.15, 0.2) is 255 Å². The van der Waals surface area contributed by atoms with Gasteiger partial charge in [-0.25, -0.2) is 0 Å². The summed E-state index contributed by atoms with van der Waals surface area (Å²) in [6, 6.07) is 94.2. The first-order valence-electron chi connectivity index (χ1n) is 26.5. The van der Waals surface area contributed by atoms with Crippen molar-refractivity contribution < 1.29 is 0 Å². The number of para-hydroxylation sites is 2. The standard InChI is InChI=1S/C69H48N2.C5H8/c1-69(2)64-43-52(47-21-31-56(32-22-47)70(57-33-23-45-13-9-11-15-50(45)41-57)58-34-24-46-14-10-12-16-51(46)42-58)28-36-60(64)61-37-29-53(44-65(61)69)59-35-25-48-27-39-63-66(40-30-49-26-38-62(59)67(48)68(49)63)71(54-17-5-3-6-18-54)55-19-7-4-8-20-55;1-3-5-4-2/h3-44H,1-2H3;3H2,1-2H3. The summed E-state index contributed by atoms with van der Waals surface area (Å²) in [6.45, 7) is 8.69. The maximum absolute atomic E-state index is 2.86. The summed E-state index contributed by atoms with van der Waals surface area (Å²) in [5.74, 6) is 5.63. The van der Waals surface area contributed by atoms with Gasteiger partial charge in [-0.2, -0.15) is 0 Å². The average molecular weight is 973 g/mol. The van der Waals surface area contributed by atoms with Gasteiger partial charge in [0.1, 0.15) is 0 Å². The second-order valence-electron chi connectivity index (χ2n) is 20.5. The predicted molar refractivity (Wildman–Crippen MR) is 327 cm³/mol. The van der Waals surface area contributed by atoms with Crippen LogP contribution < -0.4 is 9.80 Å². The van der Waals surface area contributed by atoms with Gasteiger partial charge in [0, 0.05) is 45.7 Å². The Hall–Kier alpha value is -9.42. The van der Waals surface area contributed by atoms with Crippen molar-refractivity contribution in [3.05, 3.63) is 266 Å². The number of hydrogen-bond donors (Lipinski definition) is 0. The van der Waals surface area contributed by atoms with E-state index in [2.05, 4.69) is 290 Å². The summed E-state index contributed by atoms with van der Waals surface area (Å²) in [5, 5.41) is 12.6. The fraction of sp³-hybridized carbons (Fsp3) is 0.0811. The molecule has 2 heteroatoms. The van der Waals surface area contributed by atoms with E-state index in [-0.39, 0.29) is 5.41 Å². The van der Waals surface area contributed by atoms with Crippen LogP contribution in [0.5, 0.6) is 0 Å². The Morgan fingerprint density at radius 1 is 0.342 bits per heavy atom. The Morgan fingerprint density at radius 3 is 1.34 bits per heavy atom. The largest absolute Gasteiger partial charge is 0.310 e. The summed E-state index contributed by atoms with van der Waals surface area (Å²) < 4.78 is 0. The summed E-state index contributed by atoms with van der Waals surface area (Å²) in [5.41, 5.74) is 16.9. The molecule has 0 aromatic heterocycles. The molecule has 2 nitrogen and oxygen atoms in total. The Morgan fingerprint density at radius 2 is 0.776 bits per heavy atom. The van der Waals surface area contributed by atoms with Gasteiger partial charge >= 0.3 is 0 Å². The molecule has 0 unspecified atom stereocenters. The molecule has 0 bridgehead atoms. The van der Waals surface area contributed by atoms with Crippen LogP contribution in [0.1, 0.15) is 45.2 Å². The van der Waals surface area contributed by atoms with Gasteiger partial charge in [0.05, 0.1) is 5.69 Å². The molecule has 0 heterocycles. The molecular weight excluding hydrogens is 917 g/mol. The normalized spacial score (nSPS) is 12.3. The van der Waals surface area contributed by atoms with Gasteiger partial charge in [0.25, 0.3) is 0 Å². The van der Waals surface area contributed by atoms with Gasteiger partial charge in [-0.15, -0.1) is 11.8 Å². The fourth-order valence-corrected chi connectivity index (χ4v) is 12.0. The Labute approximate surface area is 446 Å². The van der Waals surface area contributed by atoms with Crippen molar-refractivity contribution in [1.82, 2.24) is 0 Å². The van der Waals surface area contributed by atoms with Gasteiger partial charge in [-0.05, 0) is 179 Å². The molecule has 1 aliphatic rings. The van der Waals surface area contributed by atoms with Crippen LogP contribution in [0.3, 0.4) is 0 Å². The van der Waals surface area contributed by atoms with E-state index in [1.807, 2.05) is 13.8 Å². The van der Waals surface area contributed by atoms with Crippen molar-refractivity contribution in [2.24, 2.45) is 0 Å². The van der Waals surface area contributed by atoms with Crippen molar-refractivity contribution in [1.29, 1.82) is 0 Å². The summed E-state index contributed by atoms with van der Waals surface area (Å²) in [6.07, 6.45) is 0.983. The van der Waals surface area contributed by atoms with Gasteiger partial charge in [-0.3, -0.25) is 0 Å². The van der Waals surface area contributed by atoms with E-state index in [4.69, 9.17) is 0 Å². The first kappa shape index (κ1) is 46.4. The topological polar surface area (TPSA) is 6.48 Å². The molecule has 0 aliphatic heterocycles. The Bertz CT molecular complexity index is 4250. The molecule has 14 rings (SSSR count). The predicted octanol–water partition coefficient (Wildman–Crippen LogP) is 20.9. The third-order valence-corrected chi connectivity index (χ3v) is 15.7. The summed E-state index contributed by atoms with van der Waals surface area (Å²) >= 11 is 0. The molecule has 0 N–H and O–H groups in total. The minimum Gasteiger partial charge on any atom is -0.310 e. The molecule has 0 fully saturated rings. The number of benzene rings is 13. The van der Waals surface area contributed by atoms with E-state index in [1.165, 1.54) is 104 Å². The molecule has 76 heavy (non-hydrogen) atoms. The number of nitrogens with zero attached hydrogens (tertiary/aromatic N) is 2. The number of anilines is 6. The van der Waals surface area contributed by atoms with E-state index in [9.17, 15) is 0 Å². The molecule has 0 saturated carbocycles. The lowest BCUT2D eigenvalue weighted by molar-refractivity contribution is 0.661. The highest BCUT2D eigenvalue weighted by Crippen LogP contribution is 2.52. The fourth-order valence-electron chi connectivity index (χ4n) is 12.0. The van der Waals surface area contributed by atoms with Crippen molar-refractivity contribution >= 4 is 88.0 Å². The minimum absolute atomic E-state index is 0.198. The summed E-state index contributed by atoms with van der Waals surface area (Å²) in [7, 11) is 0. The third kappa shape index (κ3) is 8.01. The lowest BCUT2D eigenvalue weighted by Gasteiger charge is -2.27. The summed E-state index contributed by atoms with van der Waals surface area (Å²) in [4.78, 5) is 4.77. The van der Waals surface area contributed by atoms with Crippen molar-refractivity contribution in [2.75, 3.05) is 9.80 Å². The Kier molecular flexibility index (Phi) is 11.7. The van der Waals surface area contributed by atoms with Crippen LogP contribution in [-0.4, -0.2) is 0 Å². The molecule has 0 radical (unpaired) electrons. The molecule has 13 aromatic carbocycles.